The lowest BCUT2D eigenvalue weighted by molar-refractivity contribution is 0.0600. The Labute approximate surface area is 120 Å². The number of nitrogens with zero attached hydrogens (tertiary/aromatic N) is 3. The summed E-state index contributed by atoms with van der Waals surface area (Å²) in [7, 11) is 1.31. The van der Waals surface area contributed by atoms with Gasteiger partial charge in [0.25, 0.3) is 0 Å². The van der Waals surface area contributed by atoms with Crippen molar-refractivity contribution < 1.29 is 13.9 Å². The number of esters is 1. The van der Waals surface area contributed by atoms with Crippen LogP contribution in [0.1, 0.15) is 15.9 Å². The first-order chi connectivity index (χ1) is 10.1. The first kappa shape index (κ1) is 13.2. The fourth-order valence-electron chi connectivity index (χ4n) is 2.13. The highest BCUT2D eigenvalue weighted by Crippen LogP contribution is 2.24. The highest BCUT2D eigenvalue weighted by Gasteiger charge is 2.15. The summed E-state index contributed by atoms with van der Waals surface area (Å²) in [6.07, 6.45) is 1.54. The van der Waals surface area contributed by atoms with E-state index in [0.717, 1.165) is 0 Å². The lowest BCUT2D eigenvalue weighted by Crippen LogP contribution is -2.03. The molecule has 106 valence electrons. The van der Waals surface area contributed by atoms with Crippen LogP contribution in [0.25, 0.3) is 17.0 Å². The van der Waals surface area contributed by atoms with Gasteiger partial charge in [0, 0.05) is 6.20 Å². The number of halogens is 1. The molecular formula is C15H12FN3O2. The van der Waals surface area contributed by atoms with Crippen LogP contribution in [0.15, 0.2) is 36.5 Å². The quantitative estimate of drug-likeness (QED) is 0.679. The fourth-order valence-corrected chi connectivity index (χ4v) is 2.13. The highest BCUT2D eigenvalue weighted by atomic mass is 19.1. The van der Waals surface area contributed by atoms with Gasteiger partial charge in [-0.15, -0.1) is 10.2 Å². The van der Waals surface area contributed by atoms with E-state index in [1.807, 2.05) is 0 Å². The third-order valence-electron chi connectivity index (χ3n) is 3.26. The standard InChI is InChI=1S/C15H12FN3O2/c1-9-4-3-5-11(13(9)16)14-18-17-12-7-6-10(8-19(12)14)15(20)21-2/h3-8H,1-2H3. The topological polar surface area (TPSA) is 56.5 Å². The summed E-state index contributed by atoms with van der Waals surface area (Å²) < 4.78 is 20.5. The molecule has 0 aliphatic heterocycles. The Hall–Kier alpha value is -2.76. The van der Waals surface area contributed by atoms with E-state index in [9.17, 15) is 9.18 Å². The summed E-state index contributed by atoms with van der Waals surface area (Å²) in [5.74, 6) is -0.478. The maximum absolute atomic E-state index is 14.2. The molecule has 0 radical (unpaired) electrons. The minimum atomic E-state index is -0.471. The second kappa shape index (κ2) is 4.97. The van der Waals surface area contributed by atoms with Crippen molar-refractivity contribution in [2.45, 2.75) is 6.92 Å². The third-order valence-corrected chi connectivity index (χ3v) is 3.26. The minimum absolute atomic E-state index is 0.338. The van der Waals surface area contributed by atoms with Crippen LogP contribution in [0, 0.1) is 12.7 Å². The van der Waals surface area contributed by atoms with Crippen LogP contribution in [0.2, 0.25) is 0 Å². The van der Waals surface area contributed by atoms with Crippen molar-refractivity contribution in [3.05, 3.63) is 53.5 Å². The number of aromatic nitrogens is 3. The first-order valence-electron chi connectivity index (χ1n) is 6.30. The van der Waals surface area contributed by atoms with E-state index < -0.39 is 5.97 Å². The Morgan fingerprint density at radius 2 is 2.05 bits per heavy atom. The molecule has 0 amide bonds. The number of aryl methyl sites for hydroxylation is 1. The van der Waals surface area contributed by atoms with Crippen molar-refractivity contribution in [3.8, 4) is 11.4 Å². The molecule has 0 fully saturated rings. The van der Waals surface area contributed by atoms with E-state index >= 15 is 0 Å². The maximum Gasteiger partial charge on any atom is 0.339 e. The van der Waals surface area contributed by atoms with E-state index in [1.54, 1.807) is 41.7 Å². The number of benzene rings is 1. The van der Waals surface area contributed by atoms with E-state index in [2.05, 4.69) is 14.9 Å². The van der Waals surface area contributed by atoms with E-state index in [0.29, 0.717) is 28.2 Å². The average molecular weight is 285 g/mol. The molecule has 0 saturated carbocycles. The number of ether oxygens (including phenoxy) is 1. The van der Waals surface area contributed by atoms with Crippen molar-refractivity contribution in [2.75, 3.05) is 7.11 Å². The van der Waals surface area contributed by atoms with Crippen molar-refractivity contribution in [3.63, 3.8) is 0 Å². The van der Waals surface area contributed by atoms with Gasteiger partial charge in [-0.1, -0.05) is 12.1 Å². The largest absolute Gasteiger partial charge is 0.465 e. The summed E-state index contributed by atoms with van der Waals surface area (Å²) in [4.78, 5) is 11.6. The van der Waals surface area contributed by atoms with Crippen LogP contribution in [-0.2, 0) is 4.74 Å². The Bertz CT molecular complexity index is 842. The van der Waals surface area contributed by atoms with Gasteiger partial charge in [0.2, 0.25) is 0 Å². The van der Waals surface area contributed by atoms with Crippen molar-refractivity contribution in [1.29, 1.82) is 0 Å². The third kappa shape index (κ3) is 2.14. The number of carbonyl (C=O) groups is 1. The average Bonchev–Trinajstić information content (AvgIpc) is 2.92. The number of hydrogen-bond acceptors (Lipinski definition) is 4. The molecule has 0 bridgehead atoms. The van der Waals surface area contributed by atoms with Gasteiger partial charge in [-0.25, -0.2) is 9.18 Å². The molecular weight excluding hydrogens is 273 g/mol. The highest BCUT2D eigenvalue weighted by molar-refractivity contribution is 5.89. The molecule has 3 rings (SSSR count). The number of hydrogen-bond donors (Lipinski definition) is 0. The van der Waals surface area contributed by atoms with Gasteiger partial charge in [-0.2, -0.15) is 0 Å². The monoisotopic (exact) mass is 285 g/mol. The fraction of sp³-hybridized carbons (Fsp3) is 0.133. The summed E-state index contributed by atoms with van der Waals surface area (Å²) in [5, 5.41) is 8.00. The van der Waals surface area contributed by atoms with Gasteiger partial charge in [-0.3, -0.25) is 4.40 Å². The van der Waals surface area contributed by atoms with E-state index in [1.165, 1.54) is 13.3 Å². The zero-order valence-electron chi connectivity index (χ0n) is 11.5. The normalized spacial score (nSPS) is 10.8. The Kier molecular flexibility index (Phi) is 3.13. The molecule has 2 aromatic heterocycles. The molecule has 0 N–H and O–H groups in total. The van der Waals surface area contributed by atoms with Crippen molar-refractivity contribution in [1.82, 2.24) is 14.6 Å². The summed E-state index contributed by atoms with van der Waals surface area (Å²) in [6.45, 7) is 1.68. The molecule has 6 heteroatoms. The first-order valence-corrected chi connectivity index (χ1v) is 6.30. The molecule has 0 aliphatic rings. The second-order valence-corrected chi connectivity index (χ2v) is 4.60. The molecule has 3 aromatic rings. The molecule has 0 spiro atoms. The number of methoxy groups -OCH3 is 1. The molecule has 0 aliphatic carbocycles. The predicted octanol–water partition coefficient (Wildman–Crippen LogP) is 2.63. The van der Waals surface area contributed by atoms with E-state index in [4.69, 9.17) is 0 Å². The van der Waals surface area contributed by atoms with E-state index in [-0.39, 0.29) is 5.82 Å². The SMILES string of the molecule is COC(=O)c1ccc2nnc(-c3cccc(C)c3F)n2c1. The summed E-state index contributed by atoms with van der Waals surface area (Å²) in [5.41, 5.74) is 1.73. The minimum Gasteiger partial charge on any atom is -0.465 e. The molecule has 1 aromatic carbocycles. The predicted molar refractivity (Wildman–Crippen MR) is 74.5 cm³/mol. The van der Waals surface area contributed by atoms with Gasteiger partial charge in [0.05, 0.1) is 18.2 Å². The van der Waals surface area contributed by atoms with Crippen LogP contribution >= 0.6 is 0 Å². The molecule has 0 unspecified atom stereocenters. The van der Waals surface area contributed by atoms with Gasteiger partial charge < -0.3 is 4.74 Å². The number of carbonyl (C=O) groups excluding carboxylic acids is 1. The van der Waals surface area contributed by atoms with Crippen LogP contribution in [0.3, 0.4) is 0 Å². The van der Waals surface area contributed by atoms with Gasteiger partial charge in [0.15, 0.2) is 11.5 Å². The Morgan fingerprint density at radius 3 is 2.81 bits per heavy atom. The van der Waals surface area contributed by atoms with Crippen LogP contribution in [0.5, 0.6) is 0 Å². The van der Waals surface area contributed by atoms with Crippen LogP contribution < -0.4 is 0 Å². The zero-order valence-corrected chi connectivity index (χ0v) is 11.5. The molecule has 21 heavy (non-hydrogen) atoms. The van der Waals surface area contributed by atoms with Crippen LogP contribution in [0.4, 0.5) is 4.39 Å². The number of rotatable bonds is 2. The second-order valence-electron chi connectivity index (χ2n) is 4.60. The van der Waals surface area contributed by atoms with Gasteiger partial charge in [-0.05, 0) is 30.7 Å². The Balaban J connectivity index is 2.23. The Morgan fingerprint density at radius 1 is 1.24 bits per heavy atom. The zero-order chi connectivity index (χ0) is 15.0. The van der Waals surface area contributed by atoms with Crippen LogP contribution in [-0.4, -0.2) is 27.7 Å². The molecule has 5 nitrogen and oxygen atoms in total. The number of pyridine rings is 1. The molecule has 2 heterocycles. The lowest BCUT2D eigenvalue weighted by atomic mass is 10.1. The maximum atomic E-state index is 14.2. The molecule has 0 saturated heterocycles. The summed E-state index contributed by atoms with van der Waals surface area (Å²) >= 11 is 0. The van der Waals surface area contributed by atoms with Gasteiger partial charge >= 0.3 is 5.97 Å². The van der Waals surface area contributed by atoms with Crippen molar-refractivity contribution in [2.24, 2.45) is 0 Å². The lowest BCUT2D eigenvalue weighted by Gasteiger charge is -2.05. The molecule has 0 atom stereocenters. The smallest absolute Gasteiger partial charge is 0.339 e. The van der Waals surface area contributed by atoms with Crippen molar-refractivity contribution >= 4 is 11.6 Å². The summed E-state index contributed by atoms with van der Waals surface area (Å²) in [6, 6.07) is 8.28. The number of fused-ring (bicyclic) bond motifs is 1. The van der Waals surface area contributed by atoms with Gasteiger partial charge in [0.1, 0.15) is 5.82 Å².